The maximum atomic E-state index is 12.8. The summed E-state index contributed by atoms with van der Waals surface area (Å²) in [6, 6.07) is 10.5. The van der Waals surface area contributed by atoms with Crippen molar-refractivity contribution in [1.82, 2.24) is 9.80 Å². The predicted octanol–water partition coefficient (Wildman–Crippen LogP) is 3.22. The lowest BCUT2D eigenvalue weighted by Crippen LogP contribution is -2.46. The molecule has 2 aliphatic rings. The Hall–Kier alpha value is -2.67. The van der Waals surface area contributed by atoms with Crippen molar-refractivity contribution in [3.05, 3.63) is 41.5 Å². The van der Waals surface area contributed by atoms with Gasteiger partial charge in [0.25, 0.3) is 0 Å². The van der Waals surface area contributed by atoms with E-state index in [1.54, 1.807) is 0 Å². The van der Waals surface area contributed by atoms with Crippen LogP contribution in [0.25, 0.3) is 6.08 Å². The number of carbonyl (C=O) groups excluding carboxylic acids is 1. The van der Waals surface area contributed by atoms with Crippen LogP contribution in [0.1, 0.15) is 45.1 Å². The molecule has 2 N–H and O–H groups in total. The summed E-state index contributed by atoms with van der Waals surface area (Å²) in [4.78, 5) is 35.6. The number of benzene rings is 1. The minimum Gasteiger partial charge on any atom is -0.473 e. The highest BCUT2D eigenvalue weighted by atomic mass is 16.4. The zero-order valence-corrected chi connectivity index (χ0v) is 18.5. The molecule has 1 aromatic carbocycles. The fourth-order valence-electron chi connectivity index (χ4n) is 4.22. The number of nitrogens with zero attached hydrogens (tertiary/aromatic N) is 2. The number of piperidine rings is 2. The second kappa shape index (κ2) is 12.2. The van der Waals surface area contributed by atoms with E-state index in [4.69, 9.17) is 19.8 Å². The molecule has 2 heterocycles. The molecule has 31 heavy (non-hydrogen) atoms. The van der Waals surface area contributed by atoms with Gasteiger partial charge in [-0.2, -0.15) is 0 Å². The molecule has 2 fully saturated rings. The first kappa shape index (κ1) is 24.6. The SMILES string of the molecule is C/C(=C\c1ccccc1)CN1CCC(C(=O)N2CCCC(C)C2)CC1.O=C(O)C(=O)O. The molecule has 0 saturated carbocycles. The lowest BCUT2D eigenvalue weighted by Gasteiger charge is -2.37. The van der Waals surface area contributed by atoms with Gasteiger partial charge in [-0.1, -0.05) is 48.9 Å². The maximum absolute atomic E-state index is 12.8. The number of aliphatic carboxylic acids is 2. The minimum absolute atomic E-state index is 0.250. The lowest BCUT2D eigenvalue weighted by molar-refractivity contribution is -0.159. The largest absolute Gasteiger partial charge is 0.473 e. The van der Waals surface area contributed by atoms with E-state index < -0.39 is 11.9 Å². The molecule has 0 aliphatic carbocycles. The number of likely N-dealkylation sites (tertiary alicyclic amines) is 2. The Morgan fingerprint density at radius 1 is 1.00 bits per heavy atom. The molecule has 7 heteroatoms. The zero-order valence-electron chi connectivity index (χ0n) is 18.5. The van der Waals surface area contributed by atoms with E-state index in [1.165, 1.54) is 24.0 Å². The molecular weight excluding hydrogens is 396 g/mol. The van der Waals surface area contributed by atoms with Crippen LogP contribution < -0.4 is 0 Å². The third-order valence-corrected chi connectivity index (χ3v) is 5.77. The Bertz CT molecular complexity index is 757. The van der Waals surface area contributed by atoms with E-state index in [0.29, 0.717) is 11.8 Å². The number of amides is 1. The maximum Gasteiger partial charge on any atom is 0.414 e. The van der Waals surface area contributed by atoms with Crippen LogP contribution in [0.15, 0.2) is 35.9 Å². The molecule has 1 amide bonds. The normalized spacial score (nSPS) is 20.5. The van der Waals surface area contributed by atoms with Crippen molar-refractivity contribution in [1.29, 1.82) is 0 Å². The van der Waals surface area contributed by atoms with Crippen molar-refractivity contribution in [3.8, 4) is 0 Å². The Balaban J connectivity index is 0.000000501. The molecular formula is C24H34N2O5. The van der Waals surface area contributed by atoms with Crippen LogP contribution in [0.4, 0.5) is 0 Å². The standard InChI is InChI=1S/C22H32N2O.C2H2O4/c1-18-7-6-12-24(17-18)22(25)21-10-13-23(14-11-21)16-19(2)15-20-8-4-3-5-9-20;3-1(4)2(5)6/h3-5,8-9,15,18,21H,6-7,10-14,16-17H2,1-2H3;(H,3,4)(H,5,6)/b19-15+;. The molecule has 7 nitrogen and oxygen atoms in total. The average molecular weight is 431 g/mol. The summed E-state index contributed by atoms with van der Waals surface area (Å²) in [5.74, 6) is -2.31. The number of carboxylic acids is 2. The molecule has 170 valence electrons. The minimum atomic E-state index is -1.82. The number of hydrogen-bond acceptors (Lipinski definition) is 4. The fourth-order valence-corrected chi connectivity index (χ4v) is 4.22. The van der Waals surface area contributed by atoms with Gasteiger partial charge in [-0.25, -0.2) is 9.59 Å². The summed E-state index contributed by atoms with van der Waals surface area (Å²) in [5.41, 5.74) is 2.66. The summed E-state index contributed by atoms with van der Waals surface area (Å²) in [7, 11) is 0. The third-order valence-electron chi connectivity index (χ3n) is 5.77. The molecule has 2 aliphatic heterocycles. The van der Waals surface area contributed by atoms with E-state index in [-0.39, 0.29) is 5.92 Å². The third kappa shape index (κ3) is 8.53. The fraction of sp³-hybridized carbons (Fsp3) is 0.542. The first-order valence-corrected chi connectivity index (χ1v) is 11.0. The first-order valence-electron chi connectivity index (χ1n) is 11.0. The van der Waals surface area contributed by atoms with Gasteiger partial charge >= 0.3 is 11.9 Å². The molecule has 1 aromatic rings. The number of carbonyl (C=O) groups is 3. The highest BCUT2D eigenvalue weighted by molar-refractivity contribution is 6.27. The highest BCUT2D eigenvalue weighted by Crippen LogP contribution is 2.24. The van der Waals surface area contributed by atoms with Crippen LogP contribution in [0.2, 0.25) is 0 Å². The summed E-state index contributed by atoms with van der Waals surface area (Å²) in [6.45, 7) is 9.51. The van der Waals surface area contributed by atoms with Crippen molar-refractivity contribution >= 4 is 23.9 Å². The van der Waals surface area contributed by atoms with Crippen molar-refractivity contribution in [2.75, 3.05) is 32.7 Å². The summed E-state index contributed by atoms with van der Waals surface area (Å²) in [5, 5.41) is 14.8. The Kier molecular flexibility index (Phi) is 9.72. The molecule has 0 bridgehead atoms. The number of carboxylic acid groups (broad SMARTS) is 2. The topological polar surface area (TPSA) is 98.2 Å². The van der Waals surface area contributed by atoms with Crippen LogP contribution >= 0.6 is 0 Å². The van der Waals surface area contributed by atoms with E-state index in [1.807, 2.05) is 0 Å². The first-order chi connectivity index (χ1) is 14.8. The van der Waals surface area contributed by atoms with Gasteiger partial charge in [-0.3, -0.25) is 9.69 Å². The van der Waals surface area contributed by atoms with Gasteiger partial charge in [0.1, 0.15) is 0 Å². The Labute approximate surface area is 184 Å². The summed E-state index contributed by atoms with van der Waals surface area (Å²) in [6.07, 6.45) is 6.75. The summed E-state index contributed by atoms with van der Waals surface area (Å²) < 4.78 is 0. The van der Waals surface area contributed by atoms with Crippen LogP contribution in [0.3, 0.4) is 0 Å². The lowest BCUT2D eigenvalue weighted by atomic mass is 9.92. The molecule has 2 saturated heterocycles. The van der Waals surface area contributed by atoms with Gasteiger partial charge < -0.3 is 15.1 Å². The molecule has 1 atom stereocenters. The number of rotatable bonds is 4. The Morgan fingerprint density at radius 2 is 1.61 bits per heavy atom. The summed E-state index contributed by atoms with van der Waals surface area (Å²) >= 11 is 0. The van der Waals surface area contributed by atoms with Crippen molar-refractivity contribution in [3.63, 3.8) is 0 Å². The van der Waals surface area contributed by atoms with Gasteiger partial charge in [0.2, 0.25) is 5.91 Å². The molecule has 1 unspecified atom stereocenters. The van der Waals surface area contributed by atoms with Crippen LogP contribution in [-0.2, 0) is 14.4 Å². The second-order valence-corrected chi connectivity index (χ2v) is 8.59. The zero-order chi connectivity index (χ0) is 22.8. The average Bonchev–Trinajstić information content (AvgIpc) is 2.75. The van der Waals surface area contributed by atoms with E-state index in [2.05, 4.69) is 60.1 Å². The second-order valence-electron chi connectivity index (χ2n) is 8.59. The van der Waals surface area contributed by atoms with Gasteiger partial charge in [-0.05, 0) is 57.2 Å². The van der Waals surface area contributed by atoms with Gasteiger partial charge in [0, 0.05) is 25.6 Å². The van der Waals surface area contributed by atoms with Crippen LogP contribution in [-0.4, -0.2) is 70.6 Å². The van der Waals surface area contributed by atoms with Gasteiger partial charge in [0.05, 0.1) is 0 Å². The molecule has 0 spiro atoms. The Morgan fingerprint density at radius 3 is 2.16 bits per heavy atom. The van der Waals surface area contributed by atoms with Gasteiger partial charge in [0.15, 0.2) is 0 Å². The molecule has 3 rings (SSSR count). The smallest absolute Gasteiger partial charge is 0.414 e. The number of hydrogen-bond donors (Lipinski definition) is 2. The molecule has 0 radical (unpaired) electrons. The van der Waals surface area contributed by atoms with Crippen LogP contribution in [0, 0.1) is 11.8 Å². The van der Waals surface area contributed by atoms with Crippen molar-refractivity contribution in [2.24, 2.45) is 11.8 Å². The predicted molar refractivity (Wildman–Crippen MR) is 120 cm³/mol. The van der Waals surface area contributed by atoms with E-state index >= 15 is 0 Å². The van der Waals surface area contributed by atoms with E-state index in [9.17, 15) is 4.79 Å². The van der Waals surface area contributed by atoms with Crippen LogP contribution in [0.5, 0.6) is 0 Å². The van der Waals surface area contributed by atoms with E-state index in [0.717, 1.165) is 45.6 Å². The monoisotopic (exact) mass is 430 g/mol. The van der Waals surface area contributed by atoms with Crippen molar-refractivity contribution < 1.29 is 24.6 Å². The van der Waals surface area contributed by atoms with Gasteiger partial charge in [-0.15, -0.1) is 0 Å². The molecule has 0 aromatic heterocycles. The quantitative estimate of drug-likeness (QED) is 0.712. The highest BCUT2D eigenvalue weighted by Gasteiger charge is 2.30. The van der Waals surface area contributed by atoms with Crippen molar-refractivity contribution in [2.45, 2.75) is 39.5 Å².